The average Bonchev–Trinajstić information content (AvgIpc) is 2.78. The molecule has 0 aliphatic heterocycles. The van der Waals surface area contributed by atoms with Crippen LogP contribution >= 0.6 is 11.6 Å². The summed E-state index contributed by atoms with van der Waals surface area (Å²) in [6, 6.07) is 9.34. The number of hydrogen-bond donors (Lipinski definition) is 3. The van der Waals surface area contributed by atoms with E-state index in [9.17, 15) is 18.4 Å². The lowest BCUT2D eigenvalue weighted by molar-refractivity contribution is -0.136. The molecule has 0 aliphatic rings. The van der Waals surface area contributed by atoms with E-state index in [1.807, 2.05) is 0 Å². The third-order valence-corrected chi connectivity index (χ3v) is 5.19. The van der Waals surface area contributed by atoms with Crippen molar-refractivity contribution in [2.45, 2.75) is 19.5 Å². The Bertz CT molecular complexity index is 1160. The van der Waals surface area contributed by atoms with Crippen LogP contribution in [0, 0.1) is 11.6 Å². The molecule has 33 heavy (non-hydrogen) atoms. The summed E-state index contributed by atoms with van der Waals surface area (Å²) in [5, 5.41) is 4.86. The standard InChI is InChI=1S/C22H22ClF2N5O3/c1-13(31)30(28-11-15-3-2-4-19(25)21(15)23)18(9-26)12-33-22(32)29-20-8-16-7-17(24)6-5-14(16)10-27-20/h2-8,10,18,28H,9,11-12,26H2,1H3,(H,27,29,32)/t18-/m0/s1. The fraction of sp³-hybridized carbons (Fsp3) is 0.227. The van der Waals surface area contributed by atoms with E-state index in [4.69, 9.17) is 22.1 Å². The maximum Gasteiger partial charge on any atom is 0.412 e. The molecule has 8 nitrogen and oxygen atoms in total. The van der Waals surface area contributed by atoms with Gasteiger partial charge in [0.05, 0.1) is 11.1 Å². The zero-order valence-corrected chi connectivity index (χ0v) is 18.4. The van der Waals surface area contributed by atoms with Gasteiger partial charge in [0.1, 0.15) is 24.1 Å². The molecule has 3 aromatic rings. The number of amides is 2. The first-order valence-corrected chi connectivity index (χ1v) is 10.3. The van der Waals surface area contributed by atoms with Crippen LogP contribution in [0.5, 0.6) is 0 Å². The number of nitrogens with two attached hydrogens (primary N) is 1. The van der Waals surface area contributed by atoms with Gasteiger partial charge >= 0.3 is 6.09 Å². The second-order valence-electron chi connectivity index (χ2n) is 7.11. The van der Waals surface area contributed by atoms with E-state index in [0.29, 0.717) is 16.3 Å². The van der Waals surface area contributed by atoms with Crippen LogP contribution in [0.2, 0.25) is 5.02 Å². The molecule has 0 saturated heterocycles. The van der Waals surface area contributed by atoms with Crippen LogP contribution in [-0.4, -0.2) is 41.2 Å². The van der Waals surface area contributed by atoms with Crippen molar-refractivity contribution in [3.05, 3.63) is 70.9 Å². The minimum Gasteiger partial charge on any atom is -0.447 e. The predicted octanol–water partition coefficient (Wildman–Crippen LogP) is 3.60. The first-order chi connectivity index (χ1) is 15.8. The van der Waals surface area contributed by atoms with E-state index in [-0.39, 0.29) is 36.4 Å². The molecule has 2 amide bonds. The highest BCUT2D eigenvalue weighted by molar-refractivity contribution is 6.31. The number of halogens is 3. The predicted molar refractivity (Wildman–Crippen MR) is 120 cm³/mol. The quantitative estimate of drug-likeness (QED) is 0.428. The number of nitrogens with zero attached hydrogens (tertiary/aromatic N) is 2. The number of carbonyl (C=O) groups excluding carboxylic acids is 2. The lowest BCUT2D eigenvalue weighted by Gasteiger charge is -2.30. The number of rotatable bonds is 8. The molecule has 2 aromatic carbocycles. The van der Waals surface area contributed by atoms with E-state index >= 15 is 0 Å². The summed E-state index contributed by atoms with van der Waals surface area (Å²) in [4.78, 5) is 28.4. The van der Waals surface area contributed by atoms with Gasteiger partial charge in [-0.25, -0.2) is 24.0 Å². The van der Waals surface area contributed by atoms with Crippen LogP contribution in [0.25, 0.3) is 10.8 Å². The van der Waals surface area contributed by atoms with Gasteiger partial charge in [0.15, 0.2) is 0 Å². The van der Waals surface area contributed by atoms with Crippen molar-refractivity contribution < 1.29 is 23.1 Å². The van der Waals surface area contributed by atoms with E-state index in [1.54, 1.807) is 12.1 Å². The van der Waals surface area contributed by atoms with Crippen LogP contribution in [-0.2, 0) is 16.1 Å². The third kappa shape index (κ3) is 6.35. The molecule has 3 rings (SSSR count). The molecular weight excluding hydrogens is 456 g/mol. The van der Waals surface area contributed by atoms with Gasteiger partial charge < -0.3 is 10.5 Å². The molecule has 0 unspecified atom stereocenters. The maximum absolute atomic E-state index is 13.6. The summed E-state index contributed by atoms with van der Waals surface area (Å²) in [6.45, 7) is 1.11. The Labute approximate surface area is 193 Å². The Morgan fingerprint density at radius 1 is 1.21 bits per heavy atom. The van der Waals surface area contributed by atoms with Gasteiger partial charge in [-0.15, -0.1) is 0 Å². The van der Waals surface area contributed by atoms with Crippen molar-refractivity contribution in [1.29, 1.82) is 0 Å². The van der Waals surface area contributed by atoms with E-state index in [1.165, 1.54) is 48.5 Å². The minimum absolute atomic E-state index is 0.0236. The highest BCUT2D eigenvalue weighted by Crippen LogP contribution is 2.20. The summed E-state index contributed by atoms with van der Waals surface area (Å²) in [6.07, 6.45) is 0.667. The van der Waals surface area contributed by atoms with Gasteiger partial charge in [0, 0.05) is 31.6 Å². The lowest BCUT2D eigenvalue weighted by atomic mass is 10.2. The van der Waals surface area contributed by atoms with Gasteiger partial charge in [-0.05, 0) is 41.3 Å². The van der Waals surface area contributed by atoms with Crippen molar-refractivity contribution in [3.63, 3.8) is 0 Å². The van der Waals surface area contributed by atoms with Crippen molar-refractivity contribution >= 4 is 40.2 Å². The van der Waals surface area contributed by atoms with E-state index in [0.717, 1.165) is 0 Å². The van der Waals surface area contributed by atoms with E-state index < -0.39 is 23.8 Å². The van der Waals surface area contributed by atoms with Crippen molar-refractivity contribution in [2.75, 3.05) is 18.5 Å². The van der Waals surface area contributed by atoms with E-state index in [2.05, 4.69) is 15.7 Å². The number of benzene rings is 2. The lowest BCUT2D eigenvalue weighted by Crippen LogP contribution is -2.53. The summed E-state index contributed by atoms with van der Waals surface area (Å²) in [7, 11) is 0. The summed E-state index contributed by atoms with van der Waals surface area (Å²) in [5.74, 6) is -1.21. The number of anilines is 1. The summed E-state index contributed by atoms with van der Waals surface area (Å²) >= 11 is 5.95. The fourth-order valence-electron chi connectivity index (χ4n) is 3.09. The molecule has 174 valence electrons. The maximum atomic E-state index is 13.6. The molecule has 1 heterocycles. The zero-order valence-electron chi connectivity index (χ0n) is 17.6. The highest BCUT2D eigenvalue weighted by atomic mass is 35.5. The summed E-state index contributed by atoms with van der Waals surface area (Å²) in [5.41, 5.74) is 9.06. The SMILES string of the molecule is CC(=O)N(NCc1cccc(F)c1Cl)[C@@H](CN)COC(=O)Nc1cc2cc(F)ccc2cn1. The number of hydrogen-bond acceptors (Lipinski definition) is 6. The zero-order chi connectivity index (χ0) is 24.0. The molecule has 0 aliphatic carbocycles. The van der Waals surface area contributed by atoms with Gasteiger partial charge in [-0.3, -0.25) is 15.1 Å². The topological polar surface area (TPSA) is 110 Å². The number of aromatic nitrogens is 1. The average molecular weight is 478 g/mol. The molecule has 0 saturated carbocycles. The normalized spacial score (nSPS) is 11.8. The van der Waals surface area contributed by atoms with Gasteiger partial charge in [0.2, 0.25) is 5.91 Å². The monoisotopic (exact) mass is 477 g/mol. The van der Waals surface area contributed by atoms with Crippen LogP contribution in [0.4, 0.5) is 19.4 Å². The van der Waals surface area contributed by atoms with Gasteiger partial charge in [0.25, 0.3) is 0 Å². The number of fused-ring (bicyclic) bond motifs is 1. The van der Waals surface area contributed by atoms with Gasteiger partial charge in [-0.1, -0.05) is 23.7 Å². The number of hydrazine groups is 1. The largest absolute Gasteiger partial charge is 0.447 e. The highest BCUT2D eigenvalue weighted by Gasteiger charge is 2.22. The van der Waals surface area contributed by atoms with Crippen LogP contribution in [0.15, 0.2) is 48.7 Å². The Hall–Kier alpha value is -3.34. The molecule has 1 atom stereocenters. The molecule has 0 spiro atoms. The van der Waals surface area contributed by atoms with Crippen molar-refractivity contribution in [1.82, 2.24) is 15.4 Å². The Morgan fingerprint density at radius 3 is 2.73 bits per heavy atom. The molecule has 0 bridgehead atoms. The molecule has 1 aromatic heterocycles. The van der Waals surface area contributed by atoms with Gasteiger partial charge in [-0.2, -0.15) is 0 Å². The Balaban J connectivity index is 1.60. The number of carbonyl (C=O) groups is 2. The van der Waals surface area contributed by atoms with Crippen molar-refractivity contribution in [2.24, 2.45) is 5.73 Å². The third-order valence-electron chi connectivity index (χ3n) is 4.77. The molecular formula is C22H22ClF2N5O3. The Kier molecular flexibility index (Phi) is 8.10. The minimum atomic E-state index is -0.826. The first-order valence-electron chi connectivity index (χ1n) is 9.94. The first kappa shape index (κ1) is 24.3. The fourth-order valence-corrected chi connectivity index (χ4v) is 3.29. The van der Waals surface area contributed by atoms with Crippen LogP contribution < -0.4 is 16.5 Å². The van der Waals surface area contributed by atoms with Crippen molar-refractivity contribution in [3.8, 4) is 0 Å². The molecule has 11 heteroatoms. The molecule has 4 N–H and O–H groups in total. The molecule has 0 radical (unpaired) electrons. The Morgan fingerprint density at radius 2 is 2.00 bits per heavy atom. The van der Waals surface area contributed by atoms with Crippen LogP contribution in [0.3, 0.4) is 0 Å². The smallest absolute Gasteiger partial charge is 0.412 e. The number of pyridine rings is 1. The second kappa shape index (κ2) is 11.0. The summed E-state index contributed by atoms with van der Waals surface area (Å²) < 4.78 is 32.3. The number of nitrogens with one attached hydrogen (secondary N) is 2. The van der Waals surface area contributed by atoms with Crippen LogP contribution in [0.1, 0.15) is 12.5 Å². The number of ether oxygens (including phenoxy) is 1. The second-order valence-corrected chi connectivity index (χ2v) is 7.49. The molecule has 0 fully saturated rings.